The van der Waals surface area contributed by atoms with Crippen LogP contribution in [0.15, 0.2) is 67.6 Å². The molecule has 2 aromatic carbocycles. The van der Waals surface area contributed by atoms with Gasteiger partial charge in [-0.05, 0) is 61.9 Å². The Morgan fingerprint density at radius 2 is 1.84 bits per heavy atom. The van der Waals surface area contributed by atoms with Crippen LogP contribution >= 0.6 is 0 Å². The summed E-state index contributed by atoms with van der Waals surface area (Å²) in [5.41, 5.74) is 1.68. The van der Waals surface area contributed by atoms with Gasteiger partial charge in [-0.2, -0.15) is 0 Å². The quantitative estimate of drug-likeness (QED) is 0.204. The Morgan fingerprint density at radius 1 is 1.02 bits per heavy atom. The van der Waals surface area contributed by atoms with Crippen molar-refractivity contribution in [2.45, 2.75) is 38.6 Å². The lowest BCUT2D eigenvalue weighted by Gasteiger charge is -2.32. The first-order valence-corrected chi connectivity index (χ1v) is 15.4. The SMILES string of the molecule is C=CC(=O)N1CCC(Nc2cc3c(Nc4ccc(Oc5ccnc(N6CCC[C@@H](C)C6)c5)cc4F)ncnc3cc2OC)CC1. The highest BCUT2D eigenvalue weighted by Gasteiger charge is 2.23. The molecular weight excluding hydrogens is 573 g/mol. The van der Waals surface area contributed by atoms with Gasteiger partial charge in [0, 0.05) is 62.0 Å². The average molecular weight is 612 g/mol. The molecule has 2 aliphatic rings. The van der Waals surface area contributed by atoms with E-state index >= 15 is 4.39 Å². The molecule has 2 fully saturated rings. The number of methoxy groups -OCH3 is 1. The number of nitrogens with one attached hydrogen (secondary N) is 2. The summed E-state index contributed by atoms with van der Waals surface area (Å²) >= 11 is 0. The van der Waals surface area contributed by atoms with Gasteiger partial charge in [-0.25, -0.2) is 19.3 Å². The minimum Gasteiger partial charge on any atom is -0.495 e. The molecule has 6 rings (SSSR count). The summed E-state index contributed by atoms with van der Waals surface area (Å²) in [6, 6.07) is 12.3. The maximum atomic E-state index is 15.4. The monoisotopic (exact) mass is 611 g/mol. The van der Waals surface area contributed by atoms with Crippen LogP contribution in [0.3, 0.4) is 0 Å². The molecule has 0 radical (unpaired) electrons. The van der Waals surface area contributed by atoms with Crippen LogP contribution in [-0.2, 0) is 4.79 Å². The molecule has 4 heterocycles. The van der Waals surface area contributed by atoms with Crippen molar-refractivity contribution in [2.24, 2.45) is 5.92 Å². The number of ether oxygens (including phenoxy) is 2. The Balaban J connectivity index is 1.18. The molecule has 2 saturated heterocycles. The number of amides is 1. The van der Waals surface area contributed by atoms with Gasteiger partial charge in [0.25, 0.3) is 0 Å². The second kappa shape index (κ2) is 13.4. The minimum atomic E-state index is -0.480. The topological polar surface area (TPSA) is 105 Å². The van der Waals surface area contributed by atoms with Crippen molar-refractivity contribution in [2.75, 3.05) is 48.8 Å². The van der Waals surface area contributed by atoms with Crippen molar-refractivity contribution in [3.63, 3.8) is 0 Å². The number of anilines is 4. The number of hydrogen-bond donors (Lipinski definition) is 2. The van der Waals surface area contributed by atoms with Gasteiger partial charge in [0.2, 0.25) is 5.91 Å². The number of hydrogen-bond acceptors (Lipinski definition) is 9. The summed E-state index contributed by atoms with van der Waals surface area (Å²) in [6.45, 7) is 9.06. The molecule has 2 N–H and O–H groups in total. The molecule has 0 aliphatic carbocycles. The summed E-state index contributed by atoms with van der Waals surface area (Å²) in [5.74, 6) is 3.04. The maximum absolute atomic E-state index is 15.4. The van der Waals surface area contributed by atoms with Gasteiger partial charge in [-0.15, -0.1) is 0 Å². The highest BCUT2D eigenvalue weighted by molar-refractivity contribution is 5.95. The molecule has 10 nitrogen and oxygen atoms in total. The summed E-state index contributed by atoms with van der Waals surface area (Å²) in [4.78, 5) is 29.4. The molecule has 45 heavy (non-hydrogen) atoms. The maximum Gasteiger partial charge on any atom is 0.245 e. The number of likely N-dealkylation sites (tertiary alicyclic amines) is 1. The smallest absolute Gasteiger partial charge is 0.245 e. The van der Waals surface area contributed by atoms with Gasteiger partial charge in [0.15, 0.2) is 0 Å². The van der Waals surface area contributed by atoms with Crippen LogP contribution in [-0.4, -0.2) is 65.1 Å². The van der Waals surface area contributed by atoms with Gasteiger partial charge in [-0.1, -0.05) is 13.5 Å². The third kappa shape index (κ3) is 6.92. The van der Waals surface area contributed by atoms with Crippen LogP contribution in [0, 0.1) is 11.7 Å². The Kier molecular flexibility index (Phi) is 8.95. The average Bonchev–Trinajstić information content (AvgIpc) is 3.06. The van der Waals surface area contributed by atoms with Crippen LogP contribution < -0.4 is 25.0 Å². The first kappa shape index (κ1) is 30.1. The van der Waals surface area contributed by atoms with Crippen molar-refractivity contribution in [3.05, 3.63) is 73.5 Å². The predicted octanol–water partition coefficient (Wildman–Crippen LogP) is 6.53. The second-order valence-electron chi connectivity index (χ2n) is 11.7. The molecule has 234 valence electrons. The third-order valence-electron chi connectivity index (χ3n) is 8.42. The summed E-state index contributed by atoms with van der Waals surface area (Å²) < 4.78 is 27.1. The minimum absolute atomic E-state index is 0.0505. The fourth-order valence-corrected chi connectivity index (χ4v) is 6.02. The number of fused-ring (bicyclic) bond motifs is 1. The number of carbonyl (C=O) groups is 1. The van der Waals surface area contributed by atoms with Gasteiger partial charge in [-0.3, -0.25) is 4.79 Å². The van der Waals surface area contributed by atoms with Crippen LogP contribution in [0.5, 0.6) is 17.2 Å². The van der Waals surface area contributed by atoms with Gasteiger partial charge < -0.3 is 29.9 Å². The number of halogens is 1. The number of rotatable bonds is 9. The molecule has 0 saturated carbocycles. The lowest BCUT2D eigenvalue weighted by molar-refractivity contribution is -0.126. The number of carbonyl (C=O) groups excluding carboxylic acids is 1. The van der Waals surface area contributed by atoms with Gasteiger partial charge in [0.1, 0.15) is 41.0 Å². The van der Waals surface area contributed by atoms with E-state index < -0.39 is 5.82 Å². The molecule has 0 unspecified atom stereocenters. The number of pyridine rings is 1. The second-order valence-corrected chi connectivity index (χ2v) is 11.7. The Morgan fingerprint density at radius 3 is 2.60 bits per heavy atom. The highest BCUT2D eigenvalue weighted by atomic mass is 19.1. The van der Waals surface area contributed by atoms with Crippen molar-refractivity contribution in [3.8, 4) is 17.2 Å². The summed E-state index contributed by atoms with van der Waals surface area (Å²) in [6.07, 6.45) is 8.45. The predicted molar refractivity (Wildman–Crippen MR) is 174 cm³/mol. The van der Waals surface area contributed by atoms with E-state index in [2.05, 4.69) is 44.0 Å². The number of nitrogens with zero attached hydrogens (tertiary/aromatic N) is 5. The van der Waals surface area contributed by atoms with Crippen LogP contribution in [0.4, 0.5) is 27.4 Å². The van der Waals surface area contributed by atoms with E-state index in [4.69, 9.17) is 9.47 Å². The van der Waals surface area contributed by atoms with Crippen LogP contribution in [0.1, 0.15) is 32.6 Å². The van der Waals surface area contributed by atoms with E-state index in [1.54, 1.807) is 36.4 Å². The van der Waals surface area contributed by atoms with Crippen molar-refractivity contribution < 1.29 is 18.7 Å². The molecule has 4 aromatic rings. The molecule has 0 spiro atoms. The zero-order chi connectivity index (χ0) is 31.3. The third-order valence-corrected chi connectivity index (χ3v) is 8.42. The molecule has 2 aliphatic heterocycles. The summed E-state index contributed by atoms with van der Waals surface area (Å²) in [5, 5.41) is 7.40. The molecule has 1 atom stereocenters. The highest BCUT2D eigenvalue weighted by Crippen LogP contribution is 2.35. The molecule has 0 bridgehead atoms. The van der Waals surface area contributed by atoms with Crippen molar-refractivity contribution in [1.29, 1.82) is 0 Å². The summed E-state index contributed by atoms with van der Waals surface area (Å²) in [7, 11) is 1.61. The van der Waals surface area contributed by atoms with E-state index in [0.29, 0.717) is 53.0 Å². The van der Waals surface area contributed by atoms with E-state index in [0.717, 1.165) is 43.9 Å². The number of aromatic nitrogens is 3. The molecule has 11 heteroatoms. The lowest BCUT2D eigenvalue weighted by atomic mass is 10.0. The number of benzene rings is 2. The molecule has 2 aromatic heterocycles. The zero-order valence-electron chi connectivity index (χ0n) is 25.6. The largest absolute Gasteiger partial charge is 0.495 e. The fraction of sp³-hybridized carbons (Fsp3) is 0.353. The van der Waals surface area contributed by atoms with Crippen molar-refractivity contribution >= 4 is 39.8 Å². The number of piperidine rings is 2. The van der Waals surface area contributed by atoms with E-state index in [9.17, 15) is 4.79 Å². The Hall–Kier alpha value is -4.93. The Bertz CT molecular complexity index is 1690. The van der Waals surface area contributed by atoms with E-state index in [-0.39, 0.29) is 17.6 Å². The zero-order valence-corrected chi connectivity index (χ0v) is 25.6. The molecular formula is C34H38FN7O3. The van der Waals surface area contributed by atoms with E-state index in [1.165, 1.54) is 24.9 Å². The normalized spacial score (nSPS) is 17.2. The first-order chi connectivity index (χ1) is 21.9. The van der Waals surface area contributed by atoms with E-state index in [1.807, 2.05) is 18.2 Å². The van der Waals surface area contributed by atoms with Gasteiger partial charge in [0.05, 0.1) is 24.0 Å². The Labute approximate surface area is 262 Å². The lowest BCUT2D eigenvalue weighted by Crippen LogP contribution is -2.41. The van der Waals surface area contributed by atoms with Crippen LogP contribution in [0.25, 0.3) is 10.9 Å². The van der Waals surface area contributed by atoms with Crippen LogP contribution in [0.2, 0.25) is 0 Å². The van der Waals surface area contributed by atoms with Gasteiger partial charge >= 0.3 is 0 Å². The molecule has 1 amide bonds. The van der Waals surface area contributed by atoms with Crippen molar-refractivity contribution in [1.82, 2.24) is 19.9 Å². The standard InChI is InChI=1S/C34H38FN7O3/c1-4-33(43)41-14-10-23(11-15-41)39-30-18-26-29(19-31(30)44-3)37-21-38-34(26)40-28-8-7-24(16-27(28)35)45-25-9-12-36-32(17-25)42-13-5-6-22(2)20-42/h4,7-9,12,16-19,21-23,39H,1,5-6,10-11,13-15,20H2,2-3H3,(H,37,38,40)/t22-/m1/s1. The first-order valence-electron chi connectivity index (χ1n) is 15.4. The fourth-order valence-electron chi connectivity index (χ4n) is 6.02.